The summed E-state index contributed by atoms with van der Waals surface area (Å²) in [4.78, 5) is 23.9. The Bertz CT molecular complexity index is 755. The number of ketones is 1. The molecule has 1 fully saturated rings. The van der Waals surface area contributed by atoms with Gasteiger partial charge in [-0.05, 0) is 56.4 Å². The Kier molecular flexibility index (Phi) is 4.29. The molecule has 0 aromatic carbocycles. The van der Waals surface area contributed by atoms with Gasteiger partial charge in [-0.1, -0.05) is 12.5 Å². The van der Waals surface area contributed by atoms with E-state index in [1.165, 1.54) is 11.8 Å². The highest BCUT2D eigenvalue weighted by Gasteiger charge is 2.65. The number of Topliss-reactive ketones (excluding diaryl/α,β-unsaturated/α-hetero) is 1. The van der Waals surface area contributed by atoms with Crippen LogP contribution < -0.4 is 5.73 Å². The Labute approximate surface area is 152 Å². The van der Waals surface area contributed by atoms with Crippen LogP contribution >= 0.6 is 11.8 Å². The summed E-state index contributed by atoms with van der Waals surface area (Å²) in [6, 6.07) is -0.918. The standard InChI is InChI=1S/C19H25NO4S/c1-9-7-12-14(13(9)8-25-11(3)15(20)17(22)23)10(2)19(5-6-19)18(4,24)16(12)21/h7,11,15,24H,5-6,8,20H2,1-4H3,(H,22,23)/t11?,15-,18+/m1/s1. The van der Waals surface area contributed by atoms with Crippen LogP contribution in [0.5, 0.6) is 0 Å². The van der Waals surface area contributed by atoms with E-state index in [0.717, 1.165) is 35.1 Å². The van der Waals surface area contributed by atoms with Crippen molar-refractivity contribution in [3.05, 3.63) is 33.9 Å². The van der Waals surface area contributed by atoms with Crippen LogP contribution in [-0.4, -0.2) is 44.6 Å². The predicted molar refractivity (Wildman–Crippen MR) is 98.3 cm³/mol. The summed E-state index contributed by atoms with van der Waals surface area (Å²) in [5, 5.41) is 19.7. The van der Waals surface area contributed by atoms with Gasteiger partial charge >= 0.3 is 5.97 Å². The fourth-order valence-corrected chi connectivity index (χ4v) is 5.24. The molecule has 0 amide bonds. The molecule has 0 radical (unpaired) electrons. The number of hydrogen-bond donors (Lipinski definition) is 3. The monoisotopic (exact) mass is 363 g/mol. The molecule has 3 aliphatic carbocycles. The molecule has 1 spiro atoms. The van der Waals surface area contributed by atoms with Gasteiger partial charge in [0, 0.05) is 22.0 Å². The van der Waals surface area contributed by atoms with Crippen molar-refractivity contribution in [2.75, 3.05) is 5.75 Å². The maximum absolute atomic E-state index is 12.9. The van der Waals surface area contributed by atoms with Gasteiger partial charge in [0.2, 0.25) is 0 Å². The number of nitrogens with two attached hydrogens (primary N) is 1. The van der Waals surface area contributed by atoms with Crippen molar-refractivity contribution in [2.24, 2.45) is 11.1 Å². The van der Waals surface area contributed by atoms with Crippen LogP contribution in [0.3, 0.4) is 0 Å². The van der Waals surface area contributed by atoms with E-state index < -0.39 is 23.0 Å². The Morgan fingerprint density at radius 3 is 2.52 bits per heavy atom. The molecule has 0 bridgehead atoms. The minimum Gasteiger partial charge on any atom is -0.480 e. The van der Waals surface area contributed by atoms with Gasteiger partial charge in [-0.3, -0.25) is 9.59 Å². The van der Waals surface area contributed by atoms with Crippen LogP contribution in [-0.2, 0) is 9.59 Å². The number of hydrogen-bond acceptors (Lipinski definition) is 5. The number of allylic oxidation sites excluding steroid dienone is 3. The smallest absolute Gasteiger partial charge is 0.321 e. The Morgan fingerprint density at radius 1 is 1.40 bits per heavy atom. The highest BCUT2D eigenvalue weighted by atomic mass is 32.2. The second-order valence-corrected chi connectivity index (χ2v) is 8.95. The van der Waals surface area contributed by atoms with E-state index in [1.54, 1.807) is 6.92 Å². The molecule has 1 saturated carbocycles. The van der Waals surface area contributed by atoms with Crippen molar-refractivity contribution < 1.29 is 19.8 Å². The molecule has 136 valence electrons. The van der Waals surface area contributed by atoms with Crippen molar-refractivity contribution >= 4 is 23.5 Å². The number of carboxylic acid groups (broad SMARTS) is 1. The number of thioether (sulfide) groups is 1. The van der Waals surface area contributed by atoms with Crippen LogP contribution in [0.15, 0.2) is 33.9 Å². The SMILES string of the molecule is CC1=C(CSC(C)[C@@H](N)C(=O)O)C2=C(C)C3(CC3)[C@@](C)(O)C(=O)C2=C1. The minimum atomic E-state index is -1.34. The summed E-state index contributed by atoms with van der Waals surface area (Å²) in [7, 11) is 0. The molecule has 4 N–H and O–H groups in total. The molecular weight excluding hydrogens is 338 g/mol. The summed E-state index contributed by atoms with van der Waals surface area (Å²) in [5.41, 5.74) is 8.66. The first kappa shape index (κ1) is 18.4. The summed E-state index contributed by atoms with van der Waals surface area (Å²) >= 11 is 1.49. The van der Waals surface area contributed by atoms with E-state index >= 15 is 0 Å². The quantitative estimate of drug-likeness (QED) is 0.692. The van der Waals surface area contributed by atoms with E-state index in [9.17, 15) is 14.7 Å². The molecule has 0 heterocycles. The lowest BCUT2D eigenvalue weighted by molar-refractivity contribution is -0.138. The van der Waals surface area contributed by atoms with E-state index in [4.69, 9.17) is 10.8 Å². The molecular formula is C19H25NO4S. The van der Waals surface area contributed by atoms with Crippen LogP contribution in [0.4, 0.5) is 0 Å². The third-order valence-corrected chi connectivity index (χ3v) is 7.43. The summed E-state index contributed by atoms with van der Waals surface area (Å²) < 4.78 is 0. The molecule has 3 aliphatic rings. The van der Waals surface area contributed by atoms with Gasteiger partial charge in [-0.25, -0.2) is 0 Å². The van der Waals surface area contributed by atoms with Crippen molar-refractivity contribution in [3.8, 4) is 0 Å². The largest absolute Gasteiger partial charge is 0.480 e. The lowest BCUT2D eigenvalue weighted by Gasteiger charge is -2.39. The lowest BCUT2D eigenvalue weighted by atomic mass is 9.67. The predicted octanol–water partition coefficient (Wildman–Crippen LogP) is 2.21. The fourth-order valence-electron chi connectivity index (χ4n) is 4.12. The van der Waals surface area contributed by atoms with E-state index in [0.29, 0.717) is 11.3 Å². The van der Waals surface area contributed by atoms with Crippen molar-refractivity contribution in [3.63, 3.8) is 0 Å². The Hall–Kier alpha value is -1.37. The zero-order chi connectivity index (χ0) is 18.7. The third-order valence-electron chi connectivity index (χ3n) is 6.15. The lowest BCUT2D eigenvalue weighted by Crippen LogP contribution is -2.49. The molecule has 0 saturated heterocycles. The second kappa shape index (κ2) is 5.83. The number of rotatable bonds is 5. The number of carbonyl (C=O) groups excluding carboxylic acids is 1. The van der Waals surface area contributed by atoms with Gasteiger partial charge in [0.15, 0.2) is 5.78 Å². The van der Waals surface area contributed by atoms with Crippen LogP contribution in [0.25, 0.3) is 0 Å². The van der Waals surface area contributed by atoms with Crippen LogP contribution in [0.1, 0.15) is 40.5 Å². The Balaban J connectivity index is 1.90. The van der Waals surface area contributed by atoms with Gasteiger partial charge in [0.05, 0.1) is 0 Å². The van der Waals surface area contributed by atoms with Crippen LogP contribution in [0.2, 0.25) is 0 Å². The normalized spacial score (nSPS) is 29.7. The van der Waals surface area contributed by atoms with Gasteiger partial charge < -0.3 is 15.9 Å². The molecule has 6 heteroatoms. The van der Waals surface area contributed by atoms with Crippen molar-refractivity contribution in [1.82, 2.24) is 0 Å². The molecule has 25 heavy (non-hydrogen) atoms. The zero-order valence-electron chi connectivity index (χ0n) is 15.0. The molecule has 5 nitrogen and oxygen atoms in total. The summed E-state index contributed by atoms with van der Waals surface area (Å²) in [6.07, 6.45) is 3.52. The average Bonchev–Trinajstić information content (AvgIpc) is 3.29. The zero-order valence-corrected chi connectivity index (χ0v) is 15.9. The fraction of sp³-hybridized carbons (Fsp3) is 0.579. The first-order valence-electron chi connectivity index (χ1n) is 8.55. The Morgan fingerprint density at radius 2 is 2.00 bits per heavy atom. The summed E-state index contributed by atoms with van der Waals surface area (Å²) in [6.45, 7) is 7.43. The molecule has 0 aromatic heterocycles. The third kappa shape index (κ3) is 2.54. The topological polar surface area (TPSA) is 101 Å². The number of aliphatic hydroxyl groups is 1. The molecule has 0 aromatic rings. The maximum Gasteiger partial charge on any atom is 0.321 e. The van der Waals surface area contributed by atoms with E-state index in [1.807, 2.05) is 26.8 Å². The second-order valence-electron chi connectivity index (χ2n) is 7.58. The summed E-state index contributed by atoms with van der Waals surface area (Å²) in [5.74, 6) is -0.598. The number of fused-ring (bicyclic) bond motifs is 1. The van der Waals surface area contributed by atoms with Crippen molar-refractivity contribution in [2.45, 2.75) is 57.4 Å². The average molecular weight is 363 g/mol. The maximum atomic E-state index is 12.9. The molecule has 3 atom stereocenters. The van der Waals surface area contributed by atoms with Gasteiger partial charge in [-0.15, -0.1) is 0 Å². The number of carboxylic acids is 1. The van der Waals surface area contributed by atoms with Gasteiger partial charge in [0.25, 0.3) is 0 Å². The first-order chi connectivity index (χ1) is 11.5. The van der Waals surface area contributed by atoms with Gasteiger partial charge in [-0.2, -0.15) is 11.8 Å². The minimum absolute atomic E-state index is 0.194. The van der Waals surface area contributed by atoms with Crippen molar-refractivity contribution in [1.29, 1.82) is 0 Å². The highest BCUT2D eigenvalue weighted by Crippen LogP contribution is 2.65. The van der Waals surface area contributed by atoms with Crippen LogP contribution in [0, 0.1) is 5.41 Å². The molecule has 3 rings (SSSR count). The molecule has 1 unspecified atom stereocenters. The van der Waals surface area contributed by atoms with Gasteiger partial charge in [0.1, 0.15) is 11.6 Å². The van der Waals surface area contributed by atoms with E-state index in [2.05, 4.69) is 0 Å². The van der Waals surface area contributed by atoms with E-state index in [-0.39, 0.29) is 11.0 Å². The molecule has 0 aliphatic heterocycles. The first-order valence-corrected chi connectivity index (χ1v) is 9.60. The number of aliphatic carboxylic acids is 1. The number of carbonyl (C=O) groups is 2. The highest BCUT2D eigenvalue weighted by molar-refractivity contribution is 8.00.